The van der Waals surface area contributed by atoms with Crippen LogP contribution in [0.25, 0.3) is 0 Å². The number of methoxy groups -OCH3 is 1. The second-order valence-electron chi connectivity index (χ2n) is 3.98. The lowest BCUT2D eigenvalue weighted by Gasteiger charge is -2.12. The average Bonchev–Trinajstić information content (AvgIpc) is 2.69. The minimum atomic E-state index is -0.945. The average molecular weight is 425 g/mol. The van der Waals surface area contributed by atoms with Crippen molar-refractivity contribution in [2.75, 3.05) is 32.7 Å². The maximum absolute atomic E-state index is 9.99. The monoisotopic (exact) mass is 425 g/mol. The summed E-state index contributed by atoms with van der Waals surface area (Å²) in [5.41, 5.74) is 0.618. The third-order valence-electron chi connectivity index (χ3n) is 2.13. The number of hydrogen-bond acceptors (Lipinski definition) is 11. The molecule has 0 atom stereocenters. The van der Waals surface area contributed by atoms with E-state index in [0.717, 1.165) is 6.29 Å². The van der Waals surface area contributed by atoms with E-state index >= 15 is 0 Å². The Balaban J connectivity index is 0. The summed E-state index contributed by atoms with van der Waals surface area (Å²) >= 11 is 0. The molecule has 1 aromatic rings. The van der Waals surface area contributed by atoms with Gasteiger partial charge in [-0.1, -0.05) is 35.4 Å². The highest BCUT2D eigenvalue weighted by molar-refractivity contribution is 8.77. The largest absolute Gasteiger partial charge is 0.384 e. The van der Waals surface area contributed by atoms with Gasteiger partial charge in [0.25, 0.3) is 10.2 Å². The van der Waals surface area contributed by atoms with Gasteiger partial charge in [0.2, 0.25) is 0 Å². The summed E-state index contributed by atoms with van der Waals surface area (Å²) in [6.07, 6.45) is 3.92. The van der Waals surface area contributed by atoms with Crippen molar-refractivity contribution in [3.63, 3.8) is 0 Å². The van der Waals surface area contributed by atoms with E-state index in [0.29, 0.717) is 17.9 Å². The number of rotatable bonds is 12. The van der Waals surface area contributed by atoms with E-state index in [1.165, 1.54) is 27.8 Å². The van der Waals surface area contributed by atoms with E-state index in [-0.39, 0.29) is 13.2 Å². The topological polar surface area (TPSA) is 144 Å². The van der Waals surface area contributed by atoms with Gasteiger partial charge in [-0.15, -0.1) is 20.2 Å². The van der Waals surface area contributed by atoms with Crippen LogP contribution in [0.2, 0.25) is 0 Å². The zero-order chi connectivity index (χ0) is 20.9. The predicted molar refractivity (Wildman–Crippen MR) is 103 cm³/mol. The minimum Gasteiger partial charge on any atom is -0.384 e. The Bertz CT molecular complexity index is 492. The molecule has 154 valence electrons. The highest BCUT2D eigenvalue weighted by Gasteiger charge is 2.14. The number of carbonyl (C=O) groups is 1. The van der Waals surface area contributed by atoms with Gasteiger partial charge < -0.3 is 14.4 Å². The van der Waals surface area contributed by atoms with Crippen LogP contribution in [0.3, 0.4) is 0 Å². The predicted octanol–water partition coefficient (Wildman–Crippen LogP) is 2.72. The summed E-state index contributed by atoms with van der Waals surface area (Å²) in [5.74, 6) is 0.661. The van der Waals surface area contributed by atoms with Gasteiger partial charge in [0.05, 0.1) is 11.9 Å². The summed E-state index contributed by atoms with van der Waals surface area (Å²) in [6.45, 7) is 4.01. The molecule has 0 amide bonds. The molecule has 0 aliphatic rings. The van der Waals surface area contributed by atoms with E-state index in [4.69, 9.17) is 4.74 Å². The Morgan fingerprint density at radius 1 is 1.22 bits per heavy atom. The van der Waals surface area contributed by atoms with Crippen LogP contribution in [0.5, 0.6) is 0 Å². The summed E-state index contributed by atoms with van der Waals surface area (Å²) in [5, 5.41) is 17.6. The lowest BCUT2D eigenvalue weighted by molar-refractivity contribution is -0.765. The molecule has 0 saturated heterocycles. The fraction of sp³-hybridized carbons (Fsp3) is 0.571. The van der Waals surface area contributed by atoms with Crippen LogP contribution in [0, 0.1) is 20.2 Å². The van der Waals surface area contributed by atoms with Gasteiger partial charge in [0.15, 0.2) is 6.29 Å². The van der Waals surface area contributed by atoms with Crippen LogP contribution in [0.4, 0.5) is 0 Å². The lowest BCUT2D eigenvalue weighted by atomic mass is 10.3. The van der Waals surface area contributed by atoms with Crippen LogP contribution in [0.15, 0.2) is 24.5 Å². The number of nitrogens with zero attached hydrogens (tertiary/aromatic N) is 3. The molecule has 0 bridgehead atoms. The van der Waals surface area contributed by atoms with Gasteiger partial charge in [-0.3, -0.25) is 9.78 Å². The van der Waals surface area contributed by atoms with Crippen molar-refractivity contribution >= 4 is 27.9 Å². The first-order chi connectivity index (χ1) is 13.0. The van der Waals surface area contributed by atoms with E-state index in [9.17, 15) is 25.0 Å². The van der Waals surface area contributed by atoms with Crippen LogP contribution in [0.1, 0.15) is 24.2 Å². The fourth-order valence-electron chi connectivity index (χ4n) is 1.10. The Kier molecular flexibility index (Phi) is 20.3. The summed E-state index contributed by atoms with van der Waals surface area (Å²) in [4.78, 5) is 42.0. The summed E-state index contributed by atoms with van der Waals surface area (Å²) < 4.78 is 4.81. The zero-order valence-corrected chi connectivity index (χ0v) is 16.8. The first-order valence-electron chi connectivity index (χ1n) is 7.66. The Labute approximate surface area is 164 Å². The third kappa shape index (κ3) is 20.0. The van der Waals surface area contributed by atoms with Crippen LogP contribution >= 0.6 is 21.6 Å². The molecule has 1 heterocycles. The van der Waals surface area contributed by atoms with Gasteiger partial charge >= 0.3 is 0 Å². The molecule has 1 aromatic heterocycles. The molecule has 0 N–H and O–H groups in total. The number of aromatic nitrogens is 1. The van der Waals surface area contributed by atoms with Gasteiger partial charge in [-0.25, -0.2) is 0 Å². The number of pyridine rings is 1. The van der Waals surface area contributed by atoms with Crippen molar-refractivity contribution in [1.29, 1.82) is 0 Å². The quantitative estimate of drug-likeness (QED) is 0.160. The van der Waals surface area contributed by atoms with E-state index < -0.39 is 15.4 Å². The van der Waals surface area contributed by atoms with Crippen molar-refractivity contribution in [2.24, 2.45) is 0 Å². The second-order valence-corrected chi connectivity index (χ2v) is 6.76. The molecule has 13 heteroatoms. The SMILES string of the molecule is CC.COCCSSC(CO[N+](=O)[O-])CO[N+](=O)[O-].O=Cc1cccnc1. The Morgan fingerprint density at radius 3 is 2.19 bits per heavy atom. The smallest absolute Gasteiger partial charge is 0.294 e. The molecule has 0 aromatic carbocycles. The van der Waals surface area contributed by atoms with Gasteiger partial charge in [0, 0.05) is 30.8 Å². The van der Waals surface area contributed by atoms with Gasteiger partial charge in [-0.2, -0.15) is 0 Å². The molecular formula is C14H23N3O8S2. The molecule has 0 fully saturated rings. The number of carbonyl (C=O) groups excluding carboxylic acids is 1. The summed E-state index contributed by atoms with van der Waals surface area (Å²) in [7, 11) is 4.15. The molecule has 0 unspecified atom stereocenters. The molecule has 27 heavy (non-hydrogen) atoms. The first kappa shape index (κ1) is 27.1. The number of ether oxygens (including phenoxy) is 1. The van der Waals surface area contributed by atoms with E-state index in [1.807, 2.05) is 13.8 Å². The highest BCUT2D eigenvalue weighted by Crippen LogP contribution is 2.27. The number of hydrogen-bond donors (Lipinski definition) is 0. The molecule has 0 saturated carbocycles. The molecule has 0 spiro atoms. The lowest BCUT2D eigenvalue weighted by Crippen LogP contribution is -2.22. The molecule has 0 radical (unpaired) electrons. The normalized spacial score (nSPS) is 9.19. The van der Waals surface area contributed by atoms with Crippen molar-refractivity contribution in [3.05, 3.63) is 50.3 Å². The fourth-order valence-corrected chi connectivity index (χ4v) is 3.26. The van der Waals surface area contributed by atoms with Crippen molar-refractivity contribution < 1.29 is 29.4 Å². The van der Waals surface area contributed by atoms with E-state index in [2.05, 4.69) is 14.7 Å². The second kappa shape index (κ2) is 20.2. The summed E-state index contributed by atoms with van der Waals surface area (Å²) in [6, 6.07) is 3.43. The van der Waals surface area contributed by atoms with E-state index in [1.54, 1.807) is 25.4 Å². The maximum atomic E-state index is 9.99. The molecule has 0 aliphatic heterocycles. The van der Waals surface area contributed by atoms with Gasteiger partial charge in [0.1, 0.15) is 13.2 Å². The van der Waals surface area contributed by atoms with Crippen LogP contribution in [-0.4, -0.2) is 59.4 Å². The minimum absolute atomic E-state index is 0.258. The first-order valence-corrected chi connectivity index (χ1v) is 10.0. The Morgan fingerprint density at radius 2 is 1.81 bits per heavy atom. The van der Waals surface area contributed by atoms with Gasteiger partial charge in [-0.05, 0) is 12.1 Å². The molecular weight excluding hydrogens is 402 g/mol. The van der Waals surface area contributed by atoms with Crippen LogP contribution in [-0.2, 0) is 14.4 Å². The zero-order valence-electron chi connectivity index (χ0n) is 15.2. The van der Waals surface area contributed by atoms with Crippen LogP contribution < -0.4 is 0 Å². The third-order valence-corrected chi connectivity index (χ3v) is 4.87. The standard InChI is InChI=1S/C6H12N2O7S2.C6H5NO.C2H6/c1-13-2-3-16-17-6(4-14-7(9)10)5-15-8(11)12;8-5-6-2-1-3-7-4-6;1-2/h6H,2-5H2,1H3;1-5H;1-2H3. The highest BCUT2D eigenvalue weighted by atomic mass is 33.1. The Hall–Kier alpha value is -2.12. The molecule has 1 rings (SSSR count). The molecule has 11 nitrogen and oxygen atoms in total. The molecule has 0 aliphatic carbocycles. The number of aldehydes is 1. The van der Waals surface area contributed by atoms with Crippen molar-refractivity contribution in [3.8, 4) is 0 Å². The van der Waals surface area contributed by atoms with Crippen molar-refractivity contribution in [2.45, 2.75) is 19.1 Å². The maximum Gasteiger partial charge on any atom is 0.294 e. The van der Waals surface area contributed by atoms with Crippen molar-refractivity contribution in [1.82, 2.24) is 4.98 Å².